The SMILES string of the molecule is Cc1ccc2c(c1)C13CCCCC1(O)C(C2)N(C)CC3. The first-order valence-corrected chi connectivity index (χ1v) is 8.09. The van der Waals surface area contributed by atoms with Gasteiger partial charge in [-0.05, 0) is 57.3 Å². The third-order valence-electron chi connectivity index (χ3n) is 6.41. The molecular weight excluding hydrogens is 246 g/mol. The second kappa shape index (κ2) is 4.08. The van der Waals surface area contributed by atoms with Gasteiger partial charge >= 0.3 is 0 Å². The number of hydrogen-bond acceptors (Lipinski definition) is 2. The molecule has 1 saturated heterocycles. The van der Waals surface area contributed by atoms with Crippen LogP contribution in [0.4, 0.5) is 0 Å². The Morgan fingerprint density at radius 2 is 2.00 bits per heavy atom. The molecule has 1 aromatic carbocycles. The van der Waals surface area contributed by atoms with Crippen molar-refractivity contribution in [3.05, 3.63) is 34.9 Å². The highest BCUT2D eigenvalue weighted by molar-refractivity contribution is 5.46. The first-order valence-electron chi connectivity index (χ1n) is 8.09. The first-order chi connectivity index (χ1) is 9.57. The van der Waals surface area contributed by atoms with Gasteiger partial charge in [-0.1, -0.05) is 36.6 Å². The van der Waals surface area contributed by atoms with Gasteiger partial charge in [0, 0.05) is 11.5 Å². The van der Waals surface area contributed by atoms with Crippen LogP contribution in [-0.4, -0.2) is 35.2 Å². The summed E-state index contributed by atoms with van der Waals surface area (Å²) in [5.74, 6) is 0. The van der Waals surface area contributed by atoms with E-state index in [0.29, 0.717) is 6.04 Å². The predicted molar refractivity (Wildman–Crippen MR) is 81.0 cm³/mol. The summed E-state index contributed by atoms with van der Waals surface area (Å²) in [5.41, 5.74) is 3.83. The Balaban J connectivity index is 1.97. The van der Waals surface area contributed by atoms with Crippen LogP contribution >= 0.6 is 0 Å². The average Bonchev–Trinajstić information content (AvgIpc) is 2.43. The van der Waals surface area contributed by atoms with Crippen molar-refractivity contribution in [2.24, 2.45) is 0 Å². The number of likely N-dealkylation sites (tertiary alicyclic amines) is 1. The molecule has 2 fully saturated rings. The van der Waals surface area contributed by atoms with Crippen LogP contribution in [0.25, 0.3) is 0 Å². The topological polar surface area (TPSA) is 23.5 Å². The molecular formula is C18H25NO. The van der Waals surface area contributed by atoms with Crippen molar-refractivity contribution in [1.29, 1.82) is 0 Å². The van der Waals surface area contributed by atoms with Crippen LogP contribution in [0.15, 0.2) is 18.2 Å². The lowest BCUT2D eigenvalue weighted by Gasteiger charge is -2.63. The molecule has 2 nitrogen and oxygen atoms in total. The van der Waals surface area contributed by atoms with Crippen LogP contribution in [0.1, 0.15) is 48.8 Å². The van der Waals surface area contributed by atoms with E-state index >= 15 is 0 Å². The van der Waals surface area contributed by atoms with Gasteiger partial charge < -0.3 is 10.0 Å². The molecule has 1 N–H and O–H groups in total. The number of likely N-dealkylation sites (N-methyl/N-ethyl adjacent to an activating group) is 1. The number of rotatable bonds is 0. The Morgan fingerprint density at radius 3 is 2.85 bits per heavy atom. The van der Waals surface area contributed by atoms with Crippen molar-refractivity contribution in [3.8, 4) is 0 Å². The number of fused-ring (bicyclic) bond motifs is 1. The highest BCUT2D eigenvalue weighted by atomic mass is 16.3. The second-order valence-corrected chi connectivity index (χ2v) is 7.32. The molecule has 20 heavy (non-hydrogen) atoms. The van der Waals surface area contributed by atoms with Crippen LogP contribution in [-0.2, 0) is 11.8 Å². The number of hydrogen-bond donors (Lipinski definition) is 1. The molecule has 0 amide bonds. The Kier molecular flexibility index (Phi) is 2.62. The zero-order valence-electron chi connectivity index (χ0n) is 12.7. The Hall–Kier alpha value is -0.860. The average molecular weight is 271 g/mol. The number of benzene rings is 1. The van der Waals surface area contributed by atoms with Gasteiger partial charge in [0.1, 0.15) is 0 Å². The van der Waals surface area contributed by atoms with E-state index in [-0.39, 0.29) is 5.41 Å². The summed E-state index contributed by atoms with van der Waals surface area (Å²) in [6.45, 7) is 3.31. The van der Waals surface area contributed by atoms with Crippen LogP contribution < -0.4 is 0 Å². The van der Waals surface area contributed by atoms with E-state index in [1.165, 1.54) is 36.0 Å². The van der Waals surface area contributed by atoms with E-state index in [9.17, 15) is 5.11 Å². The minimum absolute atomic E-state index is 0.0298. The summed E-state index contributed by atoms with van der Waals surface area (Å²) in [6.07, 6.45) is 6.74. The second-order valence-electron chi connectivity index (χ2n) is 7.32. The van der Waals surface area contributed by atoms with Crippen LogP contribution in [0.2, 0.25) is 0 Å². The summed E-state index contributed by atoms with van der Waals surface area (Å²) >= 11 is 0. The number of piperidine rings is 1. The van der Waals surface area contributed by atoms with Crippen LogP contribution in [0.5, 0.6) is 0 Å². The molecule has 0 aromatic heterocycles. The van der Waals surface area contributed by atoms with E-state index in [4.69, 9.17) is 0 Å². The molecule has 108 valence electrons. The molecule has 2 heteroatoms. The monoisotopic (exact) mass is 271 g/mol. The zero-order valence-corrected chi connectivity index (χ0v) is 12.7. The van der Waals surface area contributed by atoms with Crippen molar-refractivity contribution in [2.75, 3.05) is 13.6 Å². The molecule has 3 aliphatic rings. The lowest BCUT2D eigenvalue weighted by molar-refractivity contribution is -0.160. The lowest BCUT2D eigenvalue weighted by atomic mass is 9.49. The molecule has 0 radical (unpaired) electrons. The van der Waals surface area contributed by atoms with Gasteiger partial charge in [0.2, 0.25) is 0 Å². The van der Waals surface area contributed by atoms with E-state index in [1.54, 1.807) is 0 Å². The highest BCUT2D eigenvalue weighted by Crippen LogP contribution is 2.57. The Labute approximate surface area is 121 Å². The molecule has 1 aromatic rings. The first kappa shape index (κ1) is 12.8. The summed E-state index contributed by atoms with van der Waals surface area (Å²) in [7, 11) is 2.19. The third kappa shape index (κ3) is 1.42. The van der Waals surface area contributed by atoms with Crippen molar-refractivity contribution >= 4 is 0 Å². The van der Waals surface area contributed by atoms with Gasteiger partial charge in [-0.3, -0.25) is 0 Å². The molecule has 2 aliphatic carbocycles. The van der Waals surface area contributed by atoms with Gasteiger partial charge in [0.25, 0.3) is 0 Å². The molecule has 4 rings (SSSR count). The fourth-order valence-corrected chi connectivity index (χ4v) is 5.34. The number of aliphatic hydroxyl groups is 1. The molecule has 0 spiro atoms. The van der Waals surface area contributed by atoms with Crippen molar-refractivity contribution < 1.29 is 5.11 Å². The van der Waals surface area contributed by atoms with E-state index in [2.05, 4.69) is 37.1 Å². The zero-order chi connectivity index (χ0) is 14.0. The molecule has 1 heterocycles. The van der Waals surface area contributed by atoms with Crippen LogP contribution in [0, 0.1) is 6.92 Å². The normalized spacial score (nSPS) is 40.0. The van der Waals surface area contributed by atoms with Crippen LogP contribution in [0.3, 0.4) is 0 Å². The fourth-order valence-electron chi connectivity index (χ4n) is 5.34. The highest BCUT2D eigenvalue weighted by Gasteiger charge is 2.62. The van der Waals surface area contributed by atoms with Crippen molar-refractivity contribution in [1.82, 2.24) is 4.90 Å². The molecule has 1 aliphatic heterocycles. The minimum atomic E-state index is -0.501. The maximum Gasteiger partial charge on any atom is 0.0901 e. The van der Waals surface area contributed by atoms with E-state index in [1.807, 2.05) is 0 Å². The molecule has 3 unspecified atom stereocenters. The van der Waals surface area contributed by atoms with Gasteiger partial charge in [-0.15, -0.1) is 0 Å². The summed E-state index contributed by atoms with van der Waals surface area (Å²) in [6, 6.07) is 7.23. The quantitative estimate of drug-likeness (QED) is 0.784. The fraction of sp³-hybridized carbons (Fsp3) is 0.667. The summed E-state index contributed by atoms with van der Waals surface area (Å²) < 4.78 is 0. The molecule has 2 bridgehead atoms. The van der Waals surface area contributed by atoms with Crippen molar-refractivity contribution in [3.63, 3.8) is 0 Å². The minimum Gasteiger partial charge on any atom is -0.387 e. The Bertz CT molecular complexity index is 554. The smallest absolute Gasteiger partial charge is 0.0901 e. The van der Waals surface area contributed by atoms with Gasteiger partial charge in [0.15, 0.2) is 0 Å². The molecule has 1 saturated carbocycles. The third-order valence-corrected chi connectivity index (χ3v) is 6.41. The maximum absolute atomic E-state index is 11.6. The largest absolute Gasteiger partial charge is 0.387 e. The molecule has 3 atom stereocenters. The van der Waals surface area contributed by atoms with Crippen molar-refractivity contribution in [2.45, 2.75) is 62.5 Å². The van der Waals surface area contributed by atoms with Gasteiger partial charge in [0.05, 0.1) is 5.60 Å². The summed E-state index contributed by atoms with van der Waals surface area (Å²) in [5, 5.41) is 11.6. The predicted octanol–water partition coefficient (Wildman–Crippen LogP) is 2.80. The number of aryl methyl sites for hydroxylation is 1. The summed E-state index contributed by atoms with van der Waals surface area (Å²) in [4.78, 5) is 2.41. The van der Waals surface area contributed by atoms with E-state index < -0.39 is 5.60 Å². The van der Waals surface area contributed by atoms with E-state index in [0.717, 1.165) is 25.8 Å². The van der Waals surface area contributed by atoms with Gasteiger partial charge in [-0.2, -0.15) is 0 Å². The van der Waals surface area contributed by atoms with Gasteiger partial charge in [-0.25, -0.2) is 0 Å². The maximum atomic E-state index is 11.6. The lowest BCUT2D eigenvalue weighted by Crippen LogP contribution is -2.71. The standard InChI is InChI=1S/C18H25NO/c1-13-5-6-14-12-16-18(20)8-4-3-7-17(18,15(14)11-13)9-10-19(16)2/h5-6,11,16,20H,3-4,7-10,12H2,1-2H3. The Morgan fingerprint density at radius 1 is 1.20 bits per heavy atom. The number of nitrogens with zero attached hydrogens (tertiary/aromatic N) is 1.